The molecule has 0 aromatic heterocycles. The number of ether oxygens (including phenoxy) is 2. The van der Waals surface area contributed by atoms with E-state index in [1.54, 1.807) is 12.1 Å². The molecule has 2 aromatic carbocycles. The number of hydrogen-bond acceptors (Lipinski definition) is 7. The lowest BCUT2D eigenvalue weighted by molar-refractivity contribution is -0.385. The molecule has 0 heterocycles. The summed E-state index contributed by atoms with van der Waals surface area (Å²) in [6, 6.07) is 8.71. The first-order chi connectivity index (χ1) is 13.8. The molecule has 0 aliphatic rings. The lowest BCUT2D eigenvalue weighted by Gasteiger charge is -2.08. The molecular formula is C18H17ClN4O6. The van der Waals surface area contributed by atoms with E-state index in [2.05, 4.69) is 15.8 Å². The van der Waals surface area contributed by atoms with Crippen molar-refractivity contribution < 1.29 is 24.0 Å². The highest BCUT2D eigenvalue weighted by Gasteiger charge is 2.19. The largest absolute Gasteiger partial charge is 0.496 e. The van der Waals surface area contributed by atoms with Gasteiger partial charge in [0.05, 0.1) is 31.9 Å². The number of halogens is 1. The van der Waals surface area contributed by atoms with Crippen LogP contribution in [0.15, 0.2) is 41.5 Å². The summed E-state index contributed by atoms with van der Waals surface area (Å²) < 4.78 is 10.1. The fourth-order valence-electron chi connectivity index (χ4n) is 2.23. The van der Waals surface area contributed by atoms with Crippen molar-refractivity contribution in [3.05, 3.63) is 62.7 Å². The number of nitrogens with zero attached hydrogens (tertiary/aromatic N) is 2. The third kappa shape index (κ3) is 5.91. The topological polar surface area (TPSA) is 132 Å². The third-order valence-corrected chi connectivity index (χ3v) is 3.89. The zero-order chi connectivity index (χ0) is 21.4. The maximum absolute atomic E-state index is 11.9. The number of nitro benzene ring substituents is 1. The van der Waals surface area contributed by atoms with Crippen LogP contribution in [0.3, 0.4) is 0 Å². The molecule has 2 rings (SSSR count). The lowest BCUT2D eigenvalue weighted by Crippen LogP contribution is -2.34. The Morgan fingerprint density at radius 1 is 1.17 bits per heavy atom. The number of nitrogens with one attached hydrogen (secondary N) is 2. The van der Waals surface area contributed by atoms with Crippen LogP contribution in [0.5, 0.6) is 11.5 Å². The van der Waals surface area contributed by atoms with Gasteiger partial charge in [-0.1, -0.05) is 11.6 Å². The first-order valence-corrected chi connectivity index (χ1v) is 8.49. The fraction of sp³-hybridized carbons (Fsp3) is 0.167. The van der Waals surface area contributed by atoms with Crippen LogP contribution in [0.4, 0.5) is 5.69 Å². The zero-order valence-corrected chi connectivity index (χ0v) is 16.2. The average molecular weight is 421 g/mol. The Bertz CT molecular complexity index is 946. The molecule has 10 nitrogen and oxygen atoms in total. The Morgan fingerprint density at radius 2 is 1.83 bits per heavy atom. The molecule has 0 saturated heterocycles. The van der Waals surface area contributed by atoms with Crippen molar-refractivity contribution in [2.45, 2.75) is 0 Å². The van der Waals surface area contributed by atoms with Crippen molar-refractivity contribution in [3.63, 3.8) is 0 Å². The first kappa shape index (κ1) is 21.6. The summed E-state index contributed by atoms with van der Waals surface area (Å²) in [6.45, 7) is -0.321. The highest BCUT2D eigenvalue weighted by molar-refractivity contribution is 6.30. The molecule has 2 amide bonds. The number of carbonyl (C=O) groups is 2. The summed E-state index contributed by atoms with van der Waals surface area (Å²) in [7, 11) is 2.68. The van der Waals surface area contributed by atoms with Gasteiger partial charge in [0.1, 0.15) is 5.75 Å². The smallest absolute Gasteiger partial charge is 0.311 e. The summed E-state index contributed by atoms with van der Waals surface area (Å²) in [6.07, 6.45) is 1.18. The van der Waals surface area contributed by atoms with Crippen LogP contribution >= 0.6 is 11.6 Å². The molecule has 0 radical (unpaired) electrons. The molecule has 2 N–H and O–H groups in total. The molecular weight excluding hydrogens is 404 g/mol. The fourth-order valence-corrected chi connectivity index (χ4v) is 2.35. The van der Waals surface area contributed by atoms with E-state index >= 15 is 0 Å². The van der Waals surface area contributed by atoms with Crippen molar-refractivity contribution >= 4 is 35.3 Å². The minimum absolute atomic E-state index is 0.0259. The van der Waals surface area contributed by atoms with Crippen molar-refractivity contribution in [1.29, 1.82) is 0 Å². The van der Waals surface area contributed by atoms with E-state index in [4.69, 9.17) is 21.1 Å². The number of rotatable bonds is 8. The molecule has 152 valence electrons. The first-order valence-electron chi connectivity index (χ1n) is 8.11. The Hall–Kier alpha value is -3.66. The molecule has 0 spiro atoms. The molecule has 0 fully saturated rings. The summed E-state index contributed by atoms with van der Waals surface area (Å²) in [5.74, 6) is -0.752. The van der Waals surface area contributed by atoms with Gasteiger partial charge < -0.3 is 14.8 Å². The van der Waals surface area contributed by atoms with E-state index < -0.39 is 16.7 Å². The highest BCUT2D eigenvalue weighted by Crippen LogP contribution is 2.33. The molecule has 2 aromatic rings. The van der Waals surface area contributed by atoms with E-state index in [0.717, 1.165) is 0 Å². The SMILES string of the molecule is COc1cc(OC)c([N+](=O)[O-])cc1C=NNC(=O)CNC(=O)c1ccc(Cl)cc1. The monoisotopic (exact) mass is 420 g/mol. The van der Waals surface area contributed by atoms with Crippen LogP contribution in [0.1, 0.15) is 15.9 Å². The van der Waals surface area contributed by atoms with Crippen molar-refractivity contribution in [2.75, 3.05) is 20.8 Å². The van der Waals surface area contributed by atoms with Gasteiger partial charge in [-0.05, 0) is 24.3 Å². The molecule has 29 heavy (non-hydrogen) atoms. The summed E-state index contributed by atoms with van der Waals surface area (Å²) in [5, 5.41) is 17.8. The van der Waals surface area contributed by atoms with Gasteiger partial charge >= 0.3 is 5.69 Å². The average Bonchev–Trinajstić information content (AvgIpc) is 2.71. The highest BCUT2D eigenvalue weighted by atomic mass is 35.5. The quantitative estimate of drug-likeness (QED) is 0.382. The molecule has 0 bridgehead atoms. The van der Waals surface area contributed by atoms with E-state index in [1.165, 1.54) is 44.7 Å². The van der Waals surface area contributed by atoms with E-state index in [1.807, 2.05) is 0 Å². The van der Waals surface area contributed by atoms with Gasteiger partial charge in [-0.3, -0.25) is 19.7 Å². The number of methoxy groups -OCH3 is 2. The maximum atomic E-state index is 11.9. The molecule has 0 saturated carbocycles. The summed E-state index contributed by atoms with van der Waals surface area (Å²) >= 11 is 5.75. The number of carbonyl (C=O) groups excluding carboxylic acids is 2. The molecule has 0 unspecified atom stereocenters. The zero-order valence-electron chi connectivity index (χ0n) is 15.5. The molecule has 0 aliphatic heterocycles. The van der Waals surface area contributed by atoms with E-state index in [0.29, 0.717) is 10.6 Å². The number of hydrogen-bond donors (Lipinski definition) is 2. The van der Waals surface area contributed by atoms with Crippen molar-refractivity contribution in [3.8, 4) is 11.5 Å². The number of nitro groups is 1. The van der Waals surface area contributed by atoms with Gasteiger partial charge in [0.25, 0.3) is 11.8 Å². The van der Waals surface area contributed by atoms with Gasteiger partial charge in [0.15, 0.2) is 0 Å². The minimum atomic E-state index is -0.611. The van der Waals surface area contributed by atoms with Crippen LogP contribution in [0.2, 0.25) is 5.02 Å². The standard InChI is InChI=1S/C18H17ClN4O6/c1-28-15-8-16(29-2)14(23(26)27)7-12(15)9-21-22-17(24)10-20-18(25)11-3-5-13(19)6-4-11/h3-9H,10H2,1-2H3,(H,20,25)(H,22,24). The normalized spacial score (nSPS) is 10.4. The van der Waals surface area contributed by atoms with Crippen LogP contribution in [0.25, 0.3) is 0 Å². The summed E-state index contributed by atoms with van der Waals surface area (Å²) in [4.78, 5) is 34.3. The molecule has 11 heteroatoms. The Morgan fingerprint density at radius 3 is 2.41 bits per heavy atom. The summed E-state index contributed by atoms with van der Waals surface area (Å²) in [5.41, 5.74) is 2.54. The van der Waals surface area contributed by atoms with E-state index in [-0.39, 0.29) is 29.3 Å². The van der Waals surface area contributed by atoms with Gasteiger partial charge in [-0.25, -0.2) is 5.43 Å². The lowest BCUT2D eigenvalue weighted by atomic mass is 10.1. The second-order valence-electron chi connectivity index (χ2n) is 5.51. The van der Waals surface area contributed by atoms with Crippen LogP contribution in [-0.2, 0) is 4.79 Å². The van der Waals surface area contributed by atoms with E-state index in [9.17, 15) is 19.7 Å². The Balaban J connectivity index is 1.99. The second-order valence-corrected chi connectivity index (χ2v) is 5.94. The molecule has 0 aliphatic carbocycles. The van der Waals surface area contributed by atoms with Crippen molar-refractivity contribution in [2.24, 2.45) is 5.10 Å². The number of amides is 2. The Kier molecular flexibility index (Phi) is 7.49. The van der Waals surface area contributed by atoms with Crippen LogP contribution in [-0.4, -0.2) is 43.7 Å². The predicted octanol–water partition coefficient (Wildman–Crippen LogP) is 2.15. The number of hydrazone groups is 1. The maximum Gasteiger partial charge on any atom is 0.311 e. The van der Waals surface area contributed by atoms with Crippen LogP contribution < -0.4 is 20.2 Å². The minimum Gasteiger partial charge on any atom is -0.496 e. The van der Waals surface area contributed by atoms with Gasteiger partial charge in [-0.15, -0.1) is 0 Å². The van der Waals surface area contributed by atoms with Crippen LogP contribution in [0, 0.1) is 10.1 Å². The van der Waals surface area contributed by atoms with Gasteiger partial charge in [0, 0.05) is 28.3 Å². The number of benzene rings is 2. The van der Waals surface area contributed by atoms with Crippen molar-refractivity contribution in [1.82, 2.24) is 10.7 Å². The Labute approximate surface area is 170 Å². The molecule has 0 atom stereocenters. The van der Waals surface area contributed by atoms with Gasteiger partial charge in [-0.2, -0.15) is 5.10 Å². The predicted molar refractivity (Wildman–Crippen MR) is 106 cm³/mol. The second kappa shape index (κ2) is 10.0. The van der Waals surface area contributed by atoms with Gasteiger partial charge in [0.2, 0.25) is 5.75 Å². The third-order valence-electron chi connectivity index (χ3n) is 3.64.